The summed E-state index contributed by atoms with van der Waals surface area (Å²) in [4.78, 5) is 32.4. The second-order valence-corrected chi connectivity index (χ2v) is 7.45. The first-order valence-electron chi connectivity index (χ1n) is 10.3. The summed E-state index contributed by atoms with van der Waals surface area (Å²) in [6, 6.07) is 13.3. The molecule has 3 heterocycles. The quantitative estimate of drug-likeness (QED) is 0.727. The number of nitrogens with zero attached hydrogens (tertiary/aromatic N) is 3. The molecule has 1 fully saturated rings. The highest BCUT2D eigenvalue weighted by atomic mass is 16.2. The molecular formula is C23H26N4O2. The van der Waals surface area contributed by atoms with E-state index in [4.69, 9.17) is 0 Å². The average molecular weight is 390 g/mol. The van der Waals surface area contributed by atoms with Gasteiger partial charge in [-0.25, -0.2) is 4.98 Å². The molecule has 6 nitrogen and oxygen atoms in total. The number of benzene rings is 1. The molecule has 150 valence electrons. The summed E-state index contributed by atoms with van der Waals surface area (Å²) >= 11 is 0. The highest BCUT2D eigenvalue weighted by molar-refractivity contribution is 6.06. The molecule has 0 spiro atoms. The van der Waals surface area contributed by atoms with Crippen LogP contribution in [0.5, 0.6) is 0 Å². The Kier molecular flexibility index (Phi) is 5.60. The van der Waals surface area contributed by atoms with Crippen LogP contribution in [0.3, 0.4) is 0 Å². The summed E-state index contributed by atoms with van der Waals surface area (Å²) in [5.74, 6) is -0.203. The summed E-state index contributed by atoms with van der Waals surface area (Å²) in [7, 11) is 0. The maximum atomic E-state index is 13.1. The van der Waals surface area contributed by atoms with Crippen LogP contribution in [0.4, 0.5) is 5.69 Å². The van der Waals surface area contributed by atoms with Gasteiger partial charge < -0.3 is 10.2 Å². The van der Waals surface area contributed by atoms with Crippen LogP contribution < -0.4 is 5.32 Å². The van der Waals surface area contributed by atoms with E-state index in [1.165, 1.54) is 5.56 Å². The summed E-state index contributed by atoms with van der Waals surface area (Å²) in [6.07, 6.45) is 7.05. The van der Waals surface area contributed by atoms with Crippen LogP contribution in [0.15, 0.2) is 48.7 Å². The molecule has 0 aliphatic carbocycles. The maximum absolute atomic E-state index is 13.1. The third-order valence-electron chi connectivity index (χ3n) is 5.47. The minimum absolute atomic E-state index is 0.0954. The number of hydrogen-bond donors (Lipinski definition) is 1. The molecule has 2 amide bonds. The van der Waals surface area contributed by atoms with Gasteiger partial charge in [0.1, 0.15) is 0 Å². The molecule has 1 saturated heterocycles. The van der Waals surface area contributed by atoms with Crippen molar-refractivity contribution in [2.24, 2.45) is 0 Å². The van der Waals surface area contributed by atoms with Crippen molar-refractivity contribution in [3.63, 3.8) is 0 Å². The lowest BCUT2D eigenvalue weighted by Gasteiger charge is -2.19. The van der Waals surface area contributed by atoms with E-state index in [0.717, 1.165) is 45.2 Å². The van der Waals surface area contributed by atoms with Crippen LogP contribution in [-0.4, -0.2) is 39.2 Å². The molecule has 1 N–H and O–H groups in total. The van der Waals surface area contributed by atoms with Crippen LogP contribution in [-0.2, 0) is 6.42 Å². The first-order chi connectivity index (χ1) is 14.2. The molecule has 1 aromatic carbocycles. The van der Waals surface area contributed by atoms with Crippen molar-refractivity contribution < 1.29 is 9.59 Å². The van der Waals surface area contributed by atoms with Gasteiger partial charge in [-0.3, -0.25) is 14.0 Å². The van der Waals surface area contributed by atoms with Crippen LogP contribution in [0.2, 0.25) is 0 Å². The molecule has 29 heavy (non-hydrogen) atoms. The van der Waals surface area contributed by atoms with Crippen LogP contribution in [0.25, 0.3) is 5.52 Å². The maximum Gasteiger partial charge on any atom is 0.292 e. The SMILES string of the molecule is CCc1ccc(NC(=O)c2nc(C(=O)N3CCCCCC3)c3ccccn23)cc1. The van der Waals surface area contributed by atoms with E-state index in [2.05, 4.69) is 17.2 Å². The van der Waals surface area contributed by atoms with E-state index >= 15 is 0 Å². The minimum Gasteiger partial charge on any atom is -0.337 e. The van der Waals surface area contributed by atoms with Gasteiger partial charge in [-0.1, -0.05) is 38.0 Å². The average Bonchev–Trinajstić information content (AvgIpc) is 2.93. The number of hydrogen-bond acceptors (Lipinski definition) is 3. The Morgan fingerprint density at radius 3 is 2.41 bits per heavy atom. The minimum atomic E-state index is -0.328. The molecule has 0 saturated carbocycles. The molecule has 0 atom stereocenters. The van der Waals surface area contributed by atoms with Gasteiger partial charge in [0.15, 0.2) is 5.69 Å². The van der Waals surface area contributed by atoms with Crippen LogP contribution >= 0.6 is 0 Å². The number of rotatable bonds is 4. The first kappa shape index (κ1) is 19.2. The lowest BCUT2D eigenvalue weighted by molar-refractivity contribution is 0.0758. The molecule has 0 radical (unpaired) electrons. The van der Waals surface area contributed by atoms with Crippen molar-refractivity contribution in [2.75, 3.05) is 18.4 Å². The van der Waals surface area contributed by atoms with E-state index < -0.39 is 0 Å². The van der Waals surface area contributed by atoms with Gasteiger partial charge in [0.05, 0.1) is 5.52 Å². The number of likely N-dealkylation sites (tertiary alicyclic amines) is 1. The Morgan fingerprint density at radius 2 is 1.72 bits per heavy atom. The molecule has 2 aromatic heterocycles. The monoisotopic (exact) mass is 390 g/mol. The van der Waals surface area contributed by atoms with Gasteiger partial charge in [-0.2, -0.15) is 0 Å². The predicted octanol–water partition coefficient (Wildman–Crippen LogP) is 4.17. The number of anilines is 1. The molecule has 1 aliphatic rings. The summed E-state index contributed by atoms with van der Waals surface area (Å²) in [5.41, 5.74) is 2.92. The number of carbonyl (C=O) groups is 2. The Morgan fingerprint density at radius 1 is 1.00 bits per heavy atom. The highest BCUT2D eigenvalue weighted by Gasteiger charge is 2.25. The van der Waals surface area contributed by atoms with Crippen molar-refractivity contribution in [1.29, 1.82) is 0 Å². The molecular weight excluding hydrogens is 364 g/mol. The fourth-order valence-corrected chi connectivity index (χ4v) is 3.79. The second kappa shape index (κ2) is 8.47. The number of nitrogens with one attached hydrogen (secondary N) is 1. The van der Waals surface area contributed by atoms with E-state index in [9.17, 15) is 9.59 Å². The second-order valence-electron chi connectivity index (χ2n) is 7.45. The zero-order chi connectivity index (χ0) is 20.2. The summed E-state index contributed by atoms with van der Waals surface area (Å²) in [5, 5.41) is 2.90. The lowest BCUT2D eigenvalue weighted by Crippen LogP contribution is -2.32. The number of carbonyl (C=O) groups excluding carboxylic acids is 2. The topological polar surface area (TPSA) is 66.7 Å². The van der Waals surface area contributed by atoms with E-state index in [0.29, 0.717) is 16.9 Å². The molecule has 6 heteroatoms. The summed E-state index contributed by atoms with van der Waals surface area (Å²) < 4.78 is 1.70. The largest absolute Gasteiger partial charge is 0.337 e. The van der Waals surface area contributed by atoms with E-state index in [1.54, 1.807) is 10.6 Å². The number of pyridine rings is 1. The van der Waals surface area contributed by atoms with E-state index in [-0.39, 0.29) is 17.6 Å². The fraction of sp³-hybridized carbons (Fsp3) is 0.348. The van der Waals surface area contributed by atoms with Crippen molar-refractivity contribution in [1.82, 2.24) is 14.3 Å². The number of imidazole rings is 1. The number of amides is 2. The third kappa shape index (κ3) is 4.01. The van der Waals surface area contributed by atoms with Crippen molar-refractivity contribution in [3.8, 4) is 0 Å². The molecule has 1 aliphatic heterocycles. The Hall–Kier alpha value is -3.15. The first-order valence-corrected chi connectivity index (χ1v) is 10.3. The van der Waals surface area contributed by atoms with Crippen LogP contribution in [0.1, 0.15) is 59.3 Å². The Bertz CT molecular complexity index is 1020. The van der Waals surface area contributed by atoms with E-state index in [1.807, 2.05) is 47.4 Å². The lowest BCUT2D eigenvalue weighted by atomic mass is 10.1. The fourth-order valence-electron chi connectivity index (χ4n) is 3.79. The van der Waals surface area contributed by atoms with Gasteiger partial charge in [-0.15, -0.1) is 0 Å². The number of fused-ring (bicyclic) bond motifs is 1. The predicted molar refractivity (Wildman–Crippen MR) is 113 cm³/mol. The van der Waals surface area contributed by atoms with Crippen molar-refractivity contribution in [3.05, 3.63) is 65.7 Å². The van der Waals surface area contributed by atoms with Gasteiger partial charge in [-0.05, 0) is 49.1 Å². The Labute approximate surface area is 170 Å². The smallest absolute Gasteiger partial charge is 0.292 e. The Balaban J connectivity index is 1.64. The zero-order valence-corrected chi connectivity index (χ0v) is 16.7. The van der Waals surface area contributed by atoms with Crippen molar-refractivity contribution >= 4 is 23.0 Å². The normalized spacial score (nSPS) is 14.6. The van der Waals surface area contributed by atoms with Crippen LogP contribution in [0, 0.1) is 0 Å². The number of aryl methyl sites for hydroxylation is 1. The molecule has 3 aromatic rings. The molecule has 4 rings (SSSR count). The molecule has 0 unspecified atom stereocenters. The van der Waals surface area contributed by atoms with Crippen molar-refractivity contribution in [2.45, 2.75) is 39.0 Å². The van der Waals surface area contributed by atoms with Gasteiger partial charge in [0.25, 0.3) is 11.8 Å². The van der Waals surface area contributed by atoms with Gasteiger partial charge >= 0.3 is 0 Å². The van der Waals surface area contributed by atoms with Gasteiger partial charge in [0.2, 0.25) is 5.82 Å². The zero-order valence-electron chi connectivity index (χ0n) is 16.7. The summed E-state index contributed by atoms with van der Waals surface area (Å²) in [6.45, 7) is 3.58. The van der Waals surface area contributed by atoms with Gasteiger partial charge in [0, 0.05) is 25.0 Å². The number of aromatic nitrogens is 2. The highest BCUT2D eigenvalue weighted by Crippen LogP contribution is 2.19. The standard InChI is InChI=1S/C23H26N4O2/c1-2-17-10-12-18(13-11-17)24-22(28)21-25-20(19-9-5-8-16-27(19)21)23(29)26-14-6-3-4-7-15-26/h5,8-13,16H,2-4,6-7,14-15H2,1H3,(H,24,28). The molecule has 0 bridgehead atoms. The third-order valence-corrected chi connectivity index (χ3v) is 5.47.